The lowest BCUT2D eigenvalue weighted by molar-refractivity contribution is 0.281. The van der Waals surface area contributed by atoms with Gasteiger partial charge in [-0.25, -0.2) is 0 Å². The summed E-state index contributed by atoms with van der Waals surface area (Å²) in [5, 5.41) is 4.75. The second kappa shape index (κ2) is 9.36. The Morgan fingerprint density at radius 1 is 0.963 bits per heavy atom. The molecule has 0 unspecified atom stereocenters. The summed E-state index contributed by atoms with van der Waals surface area (Å²) in [5.74, 6) is 1.34. The van der Waals surface area contributed by atoms with Crippen LogP contribution in [-0.2, 0) is 13.2 Å². The maximum absolute atomic E-state index is 6.25. The van der Waals surface area contributed by atoms with E-state index in [-0.39, 0.29) is 0 Å². The van der Waals surface area contributed by atoms with Crippen LogP contribution in [0.5, 0.6) is 11.5 Å². The smallest absolute Gasteiger partial charge is 0.167 e. The van der Waals surface area contributed by atoms with E-state index in [0.717, 1.165) is 21.3 Å². The molecule has 0 saturated heterocycles. The average Bonchev–Trinajstić information content (AvgIpc) is 2.68. The molecule has 0 fully saturated rings. The molecule has 3 rings (SSSR count). The summed E-state index contributed by atoms with van der Waals surface area (Å²) in [5.41, 5.74) is 2.83. The van der Waals surface area contributed by atoms with Crippen molar-refractivity contribution in [1.82, 2.24) is 0 Å². The van der Waals surface area contributed by atoms with Crippen molar-refractivity contribution in [3.8, 4) is 11.5 Å². The third-order valence-corrected chi connectivity index (χ3v) is 5.39. The van der Waals surface area contributed by atoms with Gasteiger partial charge in [0.05, 0.1) is 7.11 Å². The number of rotatable bonds is 7. The first-order valence-electron chi connectivity index (χ1n) is 8.29. The summed E-state index contributed by atoms with van der Waals surface area (Å²) in [7, 11) is 1.63. The SMILES string of the molecule is COc1ccc(Br)c(CNc2ccc(Cl)cc2)c1OCc1ccccc1Cl. The van der Waals surface area contributed by atoms with E-state index in [9.17, 15) is 0 Å². The predicted octanol–water partition coefficient (Wildman–Crippen LogP) is 6.96. The van der Waals surface area contributed by atoms with Gasteiger partial charge in [-0.2, -0.15) is 0 Å². The van der Waals surface area contributed by atoms with Gasteiger partial charge in [0.25, 0.3) is 0 Å². The molecule has 3 aromatic carbocycles. The zero-order valence-electron chi connectivity index (χ0n) is 14.6. The summed E-state index contributed by atoms with van der Waals surface area (Å²) in [6.45, 7) is 0.900. The lowest BCUT2D eigenvalue weighted by Gasteiger charge is -2.18. The maximum Gasteiger partial charge on any atom is 0.167 e. The Morgan fingerprint density at radius 3 is 2.41 bits per heavy atom. The van der Waals surface area contributed by atoms with E-state index in [2.05, 4.69) is 21.2 Å². The van der Waals surface area contributed by atoms with Gasteiger partial charge >= 0.3 is 0 Å². The Labute approximate surface area is 177 Å². The Kier molecular flexibility index (Phi) is 6.89. The van der Waals surface area contributed by atoms with Gasteiger partial charge in [0.2, 0.25) is 0 Å². The summed E-state index contributed by atoms with van der Waals surface area (Å²) in [4.78, 5) is 0. The van der Waals surface area contributed by atoms with Gasteiger partial charge in [-0.05, 0) is 42.5 Å². The molecule has 3 aromatic rings. The number of anilines is 1. The molecule has 0 atom stereocenters. The highest BCUT2D eigenvalue weighted by Crippen LogP contribution is 2.37. The zero-order chi connectivity index (χ0) is 19.2. The highest BCUT2D eigenvalue weighted by atomic mass is 79.9. The van der Waals surface area contributed by atoms with E-state index >= 15 is 0 Å². The van der Waals surface area contributed by atoms with E-state index in [0.29, 0.717) is 34.7 Å². The van der Waals surface area contributed by atoms with Crippen molar-refractivity contribution in [2.75, 3.05) is 12.4 Å². The van der Waals surface area contributed by atoms with Crippen LogP contribution in [0, 0.1) is 0 Å². The zero-order valence-corrected chi connectivity index (χ0v) is 17.7. The van der Waals surface area contributed by atoms with E-state index in [1.54, 1.807) is 7.11 Å². The molecule has 0 aliphatic heterocycles. The highest BCUT2D eigenvalue weighted by Gasteiger charge is 2.15. The predicted molar refractivity (Wildman–Crippen MR) is 115 cm³/mol. The van der Waals surface area contributed by atoms with Crippen LogP contribution >= 0.6 is 39.1 Å². The van der Waals surface area contributed by atoms with E-state index in [1.165, 1.54) is 0 Å². The van der Waals surface area contributed by atoms with Gasteiger partial charge < -0.3 is 14.8 Å². The number of ether oxygens (including phenoxy) is 2. The molecule has 0 aliphatic carbocycles. The van der Waals surface area contributed by atoms with E-state index in [1.807, 2.05) is 60.7 Å². The fraction of sp³-hybridized carbons (Fsp3) is 0.143. The second-order valence-electron chi connectivity index (χ2n) is 5.80. The standard InChI is InChI=1S/C21H18BrCl2NO2/c1-26-20-11-10-18(22)17(12-25-16-8-6-15(23)7-9-16)21(20)27-13-14-4-2-3-5-19(14)24/h2-11,25H,12-13H2,1H3. The van der Waals surface area contributed by atoms with Crippen molar-refractivity contribution in [1.29, 1.82) is 0 Å². The van der Waals surface area contributed by atoms with Gasteiger partial charge in [-0.15, -0.1) is 0 Å². The summed E-state index contributed by atoms with van der Waals surface area (Å²) in [6.07, 6.45) is 0. The van der Waals surface area contributed by atoms with Crippen LogP contribution in [0.2, 0.25) is 10.0 Å². The first kappa shape index (κ1) is 19.9. The molecule has 0 bridgehead atoms. The third-order valence-electron chi connectivity index (χ3n) is 4.03. The van der Waals surface area contributed by atoms with Crippen molar-refractivity contribution in [3.63, 3.8) is 0 Å². The average molecular weight is 467 g/mol. The van der Waals surface area contributed by atoms with Crippen LogP contribution in [0.25, 0.3) is 0 Å². The van der Waals surface area contributed by atoms with Crippen molar-refractivity contribution < 1.29 is 9.47 Å². The van der Waals surface area contributed by atoms with Crippen LogP contribution in [0.3, 0.4) is 0 Å². The van der Waals surface area contributed by atoms with Crippen molar-refractivity contribution in [2.24, 2.45) is 0 Å². The molecular formula is C21H18BrCl2NO2. The van der Waals surface area contributed by atoms with Gasteiger partial charge in [0.15, 0.2) is 11.5 Å². The molecule has 0 heterocycles. The molecule has 0 spiro atoms. The van der Waals surface area contributed by atoms with Crippen molar-refractivity contribution in [3.05, 3.63) is 86.3 Å². The van der Waals surface area contributed by atoms with Gasteiger partial charge in [0.1, 0.15) is 6.61 Å². The highest BCUT2D eigenvalue weighted by molar-refractivity contribution is 9.10. The Hall–Kier alpha value is -1.88. The fourth-order valence-corrected chi connectivity index (χ4v) is 3.36. The lowest BCUT2D eigenvalue weighted by Crippen LogP contribution is -2.06. The summed E-state index contributed by atoms with van der Waals surface area (Å²) in [6, 6.07) is 19.0. The molecule has 0 saturated carbocycles. The van der Waals surface area contributed by atoms with Gasteiger partial charge in [-0.1, -0.05) is 57.3 Å². The normalized spacial score (nSPS) is 10.5. The fourth-order valence-electron chi connectivity index (χ4n) is 2.59. The maximum atomic E-state index is 6.25. The Morgan fingerprint density at radius 2 is 1.70 bits per heavy atom. The minimum atomic E-state index is 0.348. The molecular weight excluding hydrogens is 449 g/mol. The van der Waals surface area contributed by atoms with Crippen molar-refractivity contribution >= 4 is 44.8 Å². The number of nitrogens with one attached hydrogen (secondary N) is 1. The van der Waals surface area contributed by atoms with Crippen molar-refractivity contribution in [2.45, 2.75) is 13.2 Å². The van der Waals surface area contributed by atoms with Crippen LogP contribution in [0.1, 0.15) is 11.1 Å². The van der Waals surface area contributed by atoms with Crippen LogP contribution in [0.4, 0.5) is 5.69 Å². The molecule has 0 radical (unpaired) electrons. The van der Waals surface area contributed by atoms with Gasteiger partial charge in [-0.3, -0.25) is 0 Å². The van der Waals surface area contributed by atoms with Crippen LogP contribution in [0.15, 0.2) is 65.1 Å². The molecule has 3 nitrogen and oxygen atoms in total. The van der Waals surface area contributed by atoms with E-state index < -0.39 is 0 Å². The molecule has 6 heteroatoms. The Balaban J connectivity index is 1.83. The first-order chi connectivity index (χ1) is 13.1. The number of methoxy groups -OCH3 is 1. The number of hydrogen-bond acceptors (Lipinski definition) is 3. The lowest BCUT2D eigenvalue weighted by atomic mass is 10.1. The minimum Gasteiger partial charge on any atom is -0.493 e. The number of benzene rings is 3. The minimum absolute atomic E-state index is 0.348. The first-order valence-corrected chi connectivity index (χ1v) is 9.84. The molecule has 1 N–H and O–H groups in total. The molecule has 0 amide bonds. The largest absolute Gasteiger partial charge is 0.493 e. The molecule has 27 heavy (non-hydrogen) atoms. The monoisotopic (exact) mass is 465 g/mol. The summed E-state index contributed by atoms with van der Waals surface area (Å²) >= 11 is 15.8. The molecule has 0 aliphatic rings. The van der Waals surface area contributed by atoms with E-state index in [4.69, 9.17) is 32.7 Å². The topological polar surface area (TPSA) is 30.5 Å². The quantitative estimate of drug-likeness (QED) is 0.408. The Bertz CT molecular complexity index is 917. The van der Waals surface area contributed by atoms with Gasteiger partial charge in [0, 0.05) is 37.9 Å². The number of hydrogen-bond donors (Lipinski definition) is 1. The third kappa shape index (κ3) is 5.10. The molecule has 0 aromatic heterocycles. The van der Waals surface area contributed by atoms with Crippen LogP contribution in [-0.4, -0.2) is 7.11 Å². The number of halogens is 3. The second-order valence-corrected chi connectivity index (χ2v) is 7.50. The van der Waals surface area contributed by atoms with Crippen LogP contribution < -0.4 is 14.8 Å². The summed E-state index contributed by atoms with van der Waals surface area (Å²) < 4.78 is 12.5. The molecule has 140 valence electrons.